The second kappa shape index (κ2) is 5.24. The third-order valence-corrected chi connectivity index (χ3v) is 4.72. The Bertz CT molecular complexity index is 472. The van der Waals surface area contributed by atoms with Gasteiger partial charge in [0.2, 0.25) is 5.91 Å². The molecular formula is C16H21NO2. The lowest BCUT2D eigenvalue weighted by atomic mass is 9.88. The molecule has 1 aromatic rings. The molecule has 2 aliphatic carbocycles. The van der Waals surface area contributed by atoms with Crippen LogP contribution >= 0.6 is 0 Å². The van der Waals surface area contributed by atoms with Crippen LogP contribution in [0.5, 0.6) is 5.75 Å². The smallest absolute Gasteiger partial charge is 0.223 e. The molecule has 3 rings (SSSR count). The van der Waals surface area contributed by atoms with Gasteiger partial charge in [-0.1, -0.05) is 24.6 Å². The first-order valence-electron chi connectivity index (χ1n) is 7.17. The third kappa shape index (κ3) is 2.46. The number of hydrogen-bond donors (Lipinski definition) is 1. The van der Waals surface area contributed by atoms with Gasteiger partial charge in [0, 0.05) is 18.0 Å². The predicted octanol–water partition coefficient (Wildman–Crippen LogP) is 2.75. The highest BCUT2D eigenvalue weighted by atomic mass is 16.5. The number of ether oxygens (including phenoxy) is 1. The molecule has 3 atom stereocenters. The summed E-state index contributed by atoms with van der Waals surface area (Å²) in [6.45, 7) is 0.566. The molecular weight excluding hydrogens is 238 g/mol. The molecule has 2 aliphatic rings. The van der Waals surface area contributed by atoms with Gasteiger partial charge >= 0.3 is 0 Å². The van der Waals surface area contributed by atoms with E-state index < -0.39 is 0 Å². The molecule has 2 fully saturated rings. The van der Waals surface area contributed by atoms with E-state index in [9.17, 15) is 4.79 Å². The summed E-state index contributed by atoms with van der Waals surface area (Å²) < 4.78 is 5.30. The molecule has 1 N–H and O–H groups in total. The fraction of sp³-hybridized carbons (Fsp3) is 0.562. The summed E-state index contributed by atoms with van der Waals surface area (Å²) in [6, 6.07) is 7.85. The summed E-state index contributed by atoms with van der Waals surface area (Å²) in [6.07, 6.45) is 4.95. The van der Waals surface area contributed by atoms with E-state index in [2.05, 4.69) is 5.32 Å². The van der Waals surface area contributed by atoms with Crippen LogP contribution in [0.3, 0.4) is 0 Å². The Morgan fingerprint density at radius 2 is 2.16 bits per heavy atom. The molecule has 0 spiro atoms. The van der Waals surface area contributed by atoms with E-state index in [1.165, 1.54) is 19.3 Å². The zero-order valence-corrected chi connectivity index (χ0v) is 11.4. The van der Waals surface area contributed by atoms with Crippen LogP contribution in [-0.2, 0) is 11.3 Å². The molecule has 1 amide bonds. The highest BCUT2D eigenvalue weighted by Gasteiger charge is 2.42. The minimum Gasteiger partial charge on any atom is -0.496 e. The van der Waals surface area contributed by atoms with Gasteiger partial charge in [0.1, 0.15) is 5.75 Å². The van der Waals surface area contributed by atoms with Gasteiger partial charge in [0.25, 0.3) is 0 Å². The fourth-order valence-electron chi connectivity index (χ4n) is 3.73. The molecule has 0 radical (unpaired) electrons. The largest absolute Gasteiger partial charge is 0.496 e. The first-order valence-corrected chi connectivity index (χ1v) is 7.17. The fourth-order valence-corrected chi connectivity index (χ4v) is 3.73. The van der Waals surface area contributed by atoms with Gasteiger partial charge in [-0.15, -0.1) is 0 Å². The monoisotopic (exact) mass is 259 g/mol. The zero-order chi connectivity index (χ0) is 13.2. The summed E-state index contributed by atoms with van der Waals surface area (Å²) in [7, 11) is 1.66. The van der Waals surface area contributed by atoms with Gasteiger partial charge in [-0.25, -0.2) is 0 Å². The number of rotatable bonds is 4. The lowest BCUT2D eigenvalue weighted by Gasteiger charge is -2.21. The van der Waals surface area contributed by atoms with Crippen molar-refractivity contribution in [3.63, 3.8) is 0 Å². The Morgan fingerprint density at radius 3 is 2.84 bits per heavy atom. The van der Waals surface area contributed by atoms with Crippen LogP contribution < -0.4 is 10.1 Å². The van der Waals surface area contributed by atoms with Gasteiger partial charge in [0.05, 0.1) is 7.11 Å². The molecule has 19 heavy (non-hydrogen) atoms. The average molecular weight is 259 g/mol. The highest BCUT2D eigenvalue weighted by Crippen LogP contribution is 2.48. The summed E-state index contributed by atoms with van der Waals surface area (Å²) in [5.41, 5.74) is 1.04. The quantitative estimate of drug-likeness (QED) is 0.903. The van der Waals surface area contributed by atoms with Crippen LogP contribution in [0.1, 0.15) is 31.2 Å². The van der Waals surface area contributed by atoms with Crippen LogP contribution in [0.25, 0.3) is 0 Å². The number of hydrogen-bond acceptors (Lipinski definition) is 2. The van der Waals surface area contributed by atoms with Crippen LogP contribution in [-0.4, -0.2) is 13.0 Å². The number of para-hydroxylation sites is 1. The minimum atomic E-state index is 0.234. The van der Waals surface area contributed by atoms with Crippen molar-refractivity contribution in [3.8, 4) is 5.75 Å². The van der Waals surface area contributed by atoms with Crippen molar-refractivity contribution < 1.29 is 9.53 Å². The normalized spacial score (nSPS) is 28.4. The SMILES string of the molecule is COc1ccccc1CNC(=O)C1CC2CCC1C2. The highest BCUT2D eigenvalue weighted by molar-refractivity contribution is 5.79. The van der Waals surface area contributed by atoms with E-state index in [1.54, 1.807) is 7.11 Å². The molecule has 3 nitrogen and oxygen atoms in total. The molecule has 3 unspecified atom stereocenters. The number of carbonyl (C=O) groups excluding carboxylic acids is 1. The predicted molar refractivity (Wildman–Crippen MR) is 73.8 cm³/mol. The molecule has 0 saturated heterocycles. The van der Waals surface area contributed by atoms with Crippen molar-refractivity contribution in [3.05, 3.63) is 29.8 Å². The maximum absolute atomic E-state index is 12.3. The molecule has 0 heterocycles. The number of carbonyl (C=O) groups is 1. The van der Waals surface area contributed by atoms with E-state index in [4.69, 9.17) is 4.74 Å². The van der Waals surface area contributed by atoms with Crippen molar-refractivity contribution >= 4 is 5.91 Å². The Hall–Kier alpha value is -1.51. The van der Waals surface area contributed by atoms with Crippen LogP contribution in [0.15, 0.2) is 24.3 Å². The zero-order valence-electron chi connectivity index (χ0n) is 11.4. The third-order valence-electron chi connectivity index (χ3n) is 4.72. The van der Waals surface area contributed by atoms with Crippen molar-refractivity contribution in [1.82, 2.24) is 5.32 Å². The molecule has 102 valence electrons. The summed E-state index contributed by atoms with van der Waals surface area (Å²) >= 11 is 0. The van der Waals surface area contributed by atoms with Crippen molar-refractivity contribution in [2.24, 2.45) is 17.8 Å². The van der Waals surface area contributed by atoms with E-state index in [-0.39, 0.29) is 11.8 Å². The van der Waals surface area contributed by atoms with Crippen molar-refractivity contribution in [2.75, 3.05) is 7.11 Å². The van der Waals surface area contributed by atoms with E-state index in [0.717, 1.165) is 23.7 Å². The Kier molecular flexibility index (Phi) is 3.45. The molecule has 2 bridgehead atoms. The number of benzene rings is 1. The van der Waals surface area contributed by atoms with Crippen LogP contribution in [0.4, 0.5) is 0 Å². The van der Waals surface area contributed by atoms with Crippen molar-refractivity contribution in [1.29, 1.82) is 0 Å². The Labute approximate surface area is 114 Å². The summed E-state index contributed by atoms with van der Waals surface area (Å²) in [5, 5.41) is 3.08. The molecule has 3 heteroatoms. The lowest BCUT2D eigenvalue weighted by molar-refractivity contribution is -0.126. The van der Waals surface area contributed by atoms with E-state index in [1.807, 2.05) is 24.3 Å². The number of methoxy groups -OCH3 is 1. The van der Waals surface area contributed by atoms with Crippen LogP contribution in [0.2, 0.25) is 0 Å². The number of nitrogens with one attached hydrogen (secondary N) is 1. The molecule has 0 aromatic heterocycles. The second-order valence-electron chi connectivity index (χ2n) is 5.81. The van der Waals surface area contributed by atoms with Crippen molar-refractivity contribution in [2.45, 2.75) is 32.2 Å². The average Bonchev–Trinajstić information content (AvgIpc) is 3.07. The number of fused-ring (bicyclic) bond motifs is 2. The van der Waals surface area contributed by atoms with E-state index >= 15 is 0 Å². The number of amides is 1. The summed E-state index contributed by atoms with van der Waals surface area (Å²) in [4.78, 5) is 12.3. The van der Waals surface area contributed by atoms with Gasteiger partial charge < -0.3 is 10.1 Å². The standard InChI is InChI=1S/C16H21NO2/c1-19-15-5-3-2-4-13(15)10-17-16(18)14-9-11-6-7-12(14)8-11/h2-5,11-12,14H,6-10H2,1H3,(H,17,18). The topological polar surface area (TPSA) is 38.3 Å². The van der Waals surface area contributed by atoms with Gasteiger partial charge in [0.15, 0.2) is 0 Å². The maximum Gasteiger partial charge on any atom is 0.223 e. The first-order chi connectivity index (χ1) is 9.28. The molecule has 2 saturated carbocycles. The van der Waals surface area contributed by atoms with Gasteiger partial charge in [-0.05, 0) is 37.2 Å². The minimum absolute atomic E-state index is 0.234. The molecule has 1 aromatic carbocycles. The van der Waals surface area contributed by atoms with Gasteiger partial charge in [-0.2, -0.15) is 0 Å². The first kappa shape index (κ1) is 12.5. The lowest BCUT2D eigenvalue weighted by Crippen LogP contribution is -2.33. The Morgan fingerprint density at radius 1 is 1.32 bits per heavy atom. The van der Waals surface area contributed by atoms with Gasteiger partial charge in [-0.3, -0.25) is 4.79 Å². The second-order valence-corrected chi connectivity index (χ2v) is 5.81. The Balaban J connectivity index is 1.59. The van der Waals surface area contributed by atoms with E-state index in [0.29, 0.717) is 12.5 Å². The maximum atomic E-state index is 12.3. The molecule has 0 aliphatic heterocycles. The van der Waals surface area contributed by atoms with Crippen LogP contribution in [0, 0.1) is 17.8 Å². The summed E-state index contributed by atoms with van der Waals surface area (Å²) in [5.74, 6) is 2.79.